The molecule has 1 aliphatic rings. The fourth-order valence-corrected chi connectivity index (χ4v) is 4.76. The second-order valence-electron chi connectivity index (χ2n) is 6.29. The highest BCUT2D eigenvalue weighted by Crippen LogP contribution is 2.21. The quantitative estimate of drug-likeness (QED) is 0.681. The second kappa shape index (κ2) is 8.22. The number of benzene rings is 2. The SMILES string of the molecule is O=C(Cc1ccc(F)c(Br)c1)N1CCN(S(=O)(=O)c2ccc(F)c(F)c2)CC1. The molecule has 0 spiro atoms. The van der Waals surface area contributed by atoms with Gasteiger partial charge in [-0.25, -0.2) is 21.6 Å². The minimum absolute atomic E-state index is 0.0418. The van der Waals surface area contributed by atoms with Crippen molar-refractivity contribution in [1.29, 1.82) is 0 Å². The number of carbonyl (C=O) groups excluding carboxylic acids is 1. The molecule has 150 valence electrons. The summed E-state index contributed by atoms with van der Waals surface area (Å²) < 4.78 is 66.3. The summed E-state index contributed by atoms with van der Waals surface area (Å²) in [6, 6.07) is 6.73. The molecular formula is C18H16BrF3N2O3S. The number of carbonyl (C=O) groups is 1. The lowest BCUT2D eigenvalue weighted by atomic mass is 10.1. The van der Waals surface area contributed by atoms with E-state index < -0.39 is 27.5 Å². The van der Waals surface area contributed by atoms with Crippen molar-refractivity contribution < 1.29 is 26.4 Å². The van der Waals surface area contributed by atoms with E-state index in [9.17, 15) is 26.4 Å². The van der Waals surface area contributed by atoms with Crippen LogP contribution in [0.1, 0.15) is 5.56 Å². The summed E-state index contributed by atoms with van der Waals surface area (Å²) in [4.78, 5) is 13.6. The van der Waals surface area contributed by atoms with Gasteiger partial charge in [0.05, 0.1) is 15.8 Å². The van der Waals surface area contributed by atoms with Crippen LogP contribution in [0.25, 0.3) is 0 Å². The van der Waals surface area contributed by atoms with Crippen LogP contribution >= 0.6 is 15.9 Å². The van der Waals surface area contributed by atoms with Gasteiger partial charge in [-0.1, -0.05) is 6.07 Å². The Hall–Kier alpha value is -1.91. The van der Waals surface area contributed by atoms with E-state index in [1.54, 1.807) is 0 Å². The third-order valence-electron chi connectivity index (χ3n) is 4.46. The lowest BCUT2D eigenvalue weighted by Gasteiger charge is -2.34. The molecule has 3 rings (SSSR count). The molecule has 1 amide bonds. The highest BCUT2D eigenvalue weighted by molar-refractivity contribution is 9.10. The molecule has 0 N–H and O–H groups in total. The first kappa shape index (κ1) is 20.8. The first-order valence-electron chi connectivity index (χ1n) is 8.35. The average Bonchev–Trinajstić information content (AvgIpc) is 2.67. The van der Waals surface area contributed by atoms with Gasteiger partial charge < -0.3 is 4.90 Å². The molecule has 2 aromatic rings. The van der Waals surface area contributed by atoms with Crippen molar-refractivity contribution in [2.45, 2.75) is 11.3 Å². The Morgan fingerprint density at radius 1 is 0.929 bits per heavy atom. The smallest absolute Gasteiger partial charge is 0.243 e. The van der Waals surface area contributed by atoms with E-state index in [0.717, 1.165) is 16.4 Å². The maximum absolute atomic E-state index is 13.4. The summed E-state index contributed by atoms with van der Waals surface area (Å²) in [5.74, 6) is -2.99. The fourth-order valence-electron chi connectivity index (χ4n) is 2.90. The molecular weight excluding hydrogens is 461 g/mol. The molecule has 1 saturated heterocycles. The second-order valence-corrected chi connectivity index (χ2v) is 9.08. The molecule has 0 atom stereocenters. The predicted octanol–water partition coefficient (Wildman–Crippen LogP) is 2.94. The summed E-state index contributed by atoms with van der Waals surface area (Å²) in [5.41, 5.74) is 0.634. The van der Waals surface area contributed by atoms with Crippen molar-refractivity contribution >= 4 is 31.9 Å². The average molecular weight is 477 g/mol. The lowest BCUT2D eigenvalue weighted by molar-refractivity contribution is -0.131. The van der Waals surface area contributed by atoms with Crippen molar-refractivity contribution in [3.05, 3.63) is 63.9 Å². The van der Waals surface area contributed by atoms with E-state index in [4.69, 9.17) is 0 Å². The molecule has 1 heterocycles. The lowest BCUT2D eigenvalue weighted by Crippen LogP contribution is -2.50. The number of piperazine rings is 1. The Kier molecular flexibility index (Phi) is 6.11. The molecule has 28 heavy (non-hydrogen) atoms. The van der Waals surface area contributed by atoms with E-state index in [1.807, 2.05) is 0 Å². The van der Waals surface area contributed by atoms with Crippen LogP contribution in [0.2, 0.25) is 0 Å². The van der Waals surface area contributed by atoms with Crippen LogP contribution in [-0.4, -0.2) is 49.7 Å². The molecule has 0 bridgehead atoms. The highest BCUT2D eigenvalue weighted by atomic mass is 79.9. The molecule has 0 radical (unpaired) electrons. The summed E-state index contributed by atoms with van der Waals surface area (Å²) >= 11 is 3.07. The number of nitrogens with zero attached hydrogens (tertiary/aromatic N) is 2. The normalized spacial score (nSPS) is 15.6. The van der Waals surface area contributed by atoms with Crippen LogP contribution in [0.3, 0.4) is 0 Å². The van der Waals surface area contributed by atoms with Gasteiger partial charge in [0, 0.05) is 26.2 Å². The maximum atomic E-state index is 13.4. The van der Waals surface area contributed by atoms with Gasteiger partial charge in [0.2, 0.25) is 15.9 Å². The molecule has 0 aliphatic carbocycles. The van der Waals surface area contributed by atoms with Crippen LogP contribution < -0.4 is 0 Å². The largest absolute Gasteiger partial charge is 0.340 e. The van der Waals surface area contributed by atoms with E-state index in [2.05, 4.69) is 15.9 Å². The van der Waals surface area contributed by atoms with Crippen LogP contribution in [0.4, 0.5) is 13.2 Å². The van der Waals surface area contributed by atoms with Gasteiger partial charge >= 0.3 is 0 Å². The molecule has 0 saturated carbocycles. The number of hydrogen-bond acceptors (Lipinski definition) is 3. The standard InChI is InChI=1S/C18H16BrF3N2O3S/c19-14-9-12(1-3-15(14)20)10-18(25)23-5-7-24(8-6-23)28(26,27)13-2-4-16(21)17(22)11-13/h1-4,9,11H,5-8,10H2. The van der Waals surface area contributed by atoms with Gasteiger partial charge in [0.25, 0.3) is 0 Å². The van der Waals surface area contributed by atoms with E-state index in [-0.39, 0.29) is 47.9 Å². The summed E-state index contributed by atoms with van der Waals surface area (Å²) in [6.07, 6.45) is 0.0643. The Balaban J connectivity index is 1.63. The zero-order valence-electron chi connectivity index (χ0n) is 14.5. The molecule has 10 heteroatoms. The highest BCUT2D eigenvalue weighted by Gasteiger charge is 2.30. The molecule has 0 unspecified atom stereocenters. The zero-order chi connectivity index (χ0) is 20.5. The minimum atomic E-state index is -3.98. The monoisotopic (exact) mass is 476 g/mol. The molecule has 2 aromatic carbocycles. The van der Waals surface area contributed by atoms with Gasteiger partial charge in [0.15, 0.2) is 11.6 Å². The number of halogens is 4. The third kappa shape index (κ3) is 4.39. The van der Waals surface area contributed by atoms with Crippen molar-refractivity contribution in [3.8, 4) is 0 Å². The van der Waals surface area contributed by atoms with Crippen molar-refractivity contribution in [3.63, 3.8) is 0 Å². The van der Waals surface area contributed by atoms with E-state index in [1.165, 1.54) is 23.1 Å². The van der Waals surface area contributed by atoms with E-state index in [0.29, 0.717) is 11.6 Å². The van der Waals surface area contributed by atoms with Crippen LogP contribution in [0, 0.1) is 17.5 Å². The Bertz CT molecular complexity index is 1010. The summed E-state index contributed by atoms with van der Waals surface area (Å²) in [7, 11) is -3.98. The third-order valence-corrected chi connectivity index (χ3v) is 6.96. The Morgan fingerprint density at radius 2 is 1.57 bits per heavy atom. The minimum Gasteiger partial charge on any atom is -0.340 e. The van der Waals surface area contributed by atoms with Gasteiger partial charge in [0.1, 0.15) is 5.82 Å². The number of hydrogen-bond donors (Lipinski definition) is 0. The predicted molar refractivity (Wildman–Crippen MR) is 99.5 cm³/mol. The van der Waals surface area contributed by atoms with Crippen LogP contribution in [0.15, 0.2) is 45.8 Å². The number of sulfonamides is 1. The van der Waals surface area contributed by atoms with Crippen molar-refractivity contribution in [2.24, 2.45) is 0 Å². The van der Waals surface area contributed by atoms with Crippen LogP contribution in [-0.2, 0) is 21.2 Å². The van der Waals surface area contributed by atoms with Gasteiger partial charge in [-0.05, 0) is 51.8 Å². The summed E-state index contributed by atoms with van der Waals surface area (Å²) in [5, 5.41) is 0. The van der Waals surface area contributed by atoms with Gasteiger partial charge in [-0.15, -0.1) is 0 Å². The Morgan fingerprint density at radius 3 is 2.18 bits per heavy atom. The van der Waals surface area contributed by atoms with Crippen molar-refractivity contribution in [1.82, 2.24) is 9.21 Å². The molecule has 1 aliphatic heterocycles. The number of amides is 1. The first-order valence-corrected chi connectivity index (χ1v) is 10.6. The summed E-state index contributed by atoms with van der Waals surface area (Å²) in [6.45, 7) is 0.425. The van der Waals surface area contributed by atoms with Crippen LogP contribution in [0.5, 0.6) is 0 Å². The zero-order valence-corrected chi connectivity index (χ0v) is 16.9. The van der Waals surface area contributed by atoms with E-state index >= 15 is 0 Å². The fraction of sp³-hybridized carbons (Fsp3) is 0.278. The van der Waals surface area contributed by atoms with Gasteiger partial charge in [-0.2, -0.15) is 4.31 Å². The molecule has 5 nitrogen and oxygen atoms in total. The van der Waals surface area contributed by atoms with Gasteiger partial charge in [-0.3, -0.25) is 4.79 Å². The van der Waals surface area contributed by atoms with Crippen molar-refractivity contribution in [2.75, 3.05) is 26.2 Å². The first-order chi connectivity index (χ1) is 13.2. The maximum Gasteiger partial charge on any atom is 0.243 e. The molecule has 0 aromatic heterocycles. The topological polar surface area (TPSA) is 57.7 Å². The molecule has 1 fully saturated rings. The Labute approximate surface area is 168 Å². The number of rotatable bonds is 4.